The molecule has 2 bridgehead atoms. The highest BCUT2D eigenvalue weighted by molar-refractivity contribution is 7.13. The van der Waals surface area contributed by atoms with Crippen LogP contribution in [-0.4, -0.2) is 52.4 Å². The van der Waals surface area contributed by atoms with Gasteiger partial charge in [-0.05, 0) is 56.6 Å². The van der Waals surface area contributed by atoms with Crippen molar-refractivity contribution in [3.8, 4) is 0 Å². The van der Waals surface area contributed by atoms with Gasteiger partial charge in [-0.15, -0.1) is 11.3 Å². The molecule has 0 spiro atoms. The average molecular weight is 382 g/mol. The maximum atomic E-state index is 13.3. The lowest BCUT2D eigenvalue weighted by Gasteiger charge is -2.36. The van der Waals surface area contributed by atoms with Crippen LogP contribution in [0.4, 0.5) is 0 Å². The number of aromatic nitrogens is 1. The maximum Gasteiger partial charge on any atom is 0.266 e. The Labute approximate surface area is 165 Å². The molecular formula is C22H27N3OS. The standard InChI is InChI=1S/C22H27N3OS/c1-14-21(27-15(2)23-14)22(26)25-12-16-7-8-19(25)13-24(11-16)20-9-17-5-3-4-6-18(17)10-20/h3-6,16,19-20H,7-13H2,1-2H3/t16-,19+/m0/s1. The summed E-state index contributed by atoms with van der Waals surface area (Å²) in [6.07, 6.45) is 4.72. The van der Waals surface area contributed by atoms with Gasteiger partial charge in [0.05, 0.1) is 10.7 Å². The number of thiazole rings is 1. The summed E-state index contributed by atoms with van der Waals surface area (Å²) in [5.74, 6) is 0.815. The first-order valence-electron chi connectivity index (χ1n) is 10.1. The van der Waals surface area contributed by atoms with E-state index in [4.69, 9.17) is 0 Å². The molecule has 1 amide bonds. The fourth-order valence-corrected chi connectivity index (χ4v) is 6.19. The largest absolute Gasteiger partial charge is 0.333 e. The number of hydrogen-bond acceptors (Lipinski definition) is 4. The van der Waals surface area contributed by atoms with Gasteiger partial charge < -0.3 is 4.90 Å². The Morgan fingerprint density at radius 1 is 1.04 bits per heavy atom. The molecule has 3 saturated heterocycles. The molecule has 0 N–H and O–H groups in total. The van der Waals surface area contributed by atoms with Crippen molar-refractivity contribution < 1.29 is 4.79 Å². The van der Waals surface area contributed by atoms with Gasteiger partial charge in [0, 0.05) is 31.7 Å². The summed E-state index contributed by atoms with van der Waals surface area (Å²) in [6.45, 7) is 7.03. The molecule has 4 nitrogen and oxygen atoms in total. The second-order valence-corrected chi connectivity index (χ2v) is 9.69. The van der Waals surface area contributed by atoms with Gasteiger partial charge in [-0.25, -0.2) is 4.98 Å². The van der Waals surface area contributed by atoms with Gasteiger partial charge >= 0.3 is 0 Å². The van der Waals surface area contributed by atoms with Crippen LogP contribution in [0, 0.1) is 19.8 Å². The molecule has 1 aliphatic carbocycles. The second-order valence-electron chi connectivity index (χ2n) is 8.49. The van der Waals surface area contributed by atoms with Gasteiger partial charge in [0.15, 0.2) is 0 Å². The van der Waals surface area contributed by atoms with Crippen LogP contribution >= 0.6 is 11.3 Å². The van der Waals surface area contributed by atoms with Crippen molar-refractivity contribution in [2.45, 2.75) is 51.6 Å². The van der Waals surface area contributed by atoms with Crippen molar-refractivity contribution in [2.24, 2.45) is 5.92 Å². The topological polar surface area (TPSA) is 36.4 Å². The molecule has 5 heteroatoms. The summed E-state index contributed by atoms with van der Waals surface area (Å²) < 4.78 is 0. The zero-order chi connectivity index (χ0) is 18.5. The van der Waals surface area contributed by atoms with E-state index in [0.717, 1.165) is 54.5 Å². The zero-order valence-corrected chi connectivity index (χ0v) is 17.0. The predicted molar refractivity (Wildman–Crippen MR) is 108 cm³/mol. The number of hydrogen-bond donors (Lipinski definition) is 0. The molecule has 2 aromatic rings. The molecule has 142 valence electrons. The van der Waals surface area contributed by atoms with Crippen molar-refractivity contribution >= 4 is 17.2 Å². The lowest BCUT2D eigenvalue weighted by atomic mass is 9.95. The van der Waals surface area contributed by atoms with E-state index < -0.39 is 0 Å². The minimum Gasteiger partial charge on any atom is -0.333 e. The quantitative estimate of drug-likeness (QED) is 0.799. The molecule has 2 atom stereocenters. The molecule has 4 aliphatic rings. The van der Waals surface area contributed by atoms with Crippen molar-refractivity contribution in [1.82, 2.24) is 14.8 Å². The number of carbonyl (C=O) groups excluding carboxylic acids is 1. The number of carbonyl (C=O) groups is 1. The molecule has 27 heavy (non-hydrogen) atoms. The van der Waals surface area contributed by atoms with Gasteiger partial charge in [0.1, 0.15) is 4.88 Å². The van der Waals surface area contributed by atoms with Gasteiger partial charge in [-0.3, -0.25) is 9.69 Å². The Kier molecular flexibility index (Phi) is 4.32. The fraction of sp³-hybridized carbons (Fsp3) is 0.545. The average Bonchev–Trinajstić information content (AvgIpc) is 3.11. The van der Waals surface area contributed by atoms with Gasteiger partial charge in [0.2, 0.25) is 0 Å². The minimum atomic E-state index is 0.212. The Bertz CT molecular complexity index is 851. The van der Waals surface area contributed by atoms with E-state index >= 15 is 0 Å². The van der Waals surface area contributed by atoms with Crippen molar-refractivity contribution in [3.05, 3.63) is 51.0 Å². The van der Waals surface area contributed by atoms with Gasteiger partial charge in [0.25, 0.3) is 5.91 Å². The van der Waals surface area contributed by atoms with Crippen LogP contribution < -0.4 is 0 Å². The van der Waals surface area contributed by atoms with Crippen molar-refractivity contribution in [1.29, 1.82) is 0 Å². The number of rotatable bonds is 2. The molecule has 3 fully saturated rings. The molecular weight excluding hydrogens is 354 g/mol. The molecule has 4 heterocycles. The van der Waals surface area contributed by atoms with E-state index in [1.54, 1.807) is 11.3 Å². The van der Waals surface area contributed by atoms with Crippen molar-refractivity contribution in [3.63, 3.8) is 0 Å². The SMILES string of the molecule is Cc1nc(C)c(C(=O)N2C[C@H]3CC[C@@H]2CN(C2Cc4ccccc4C2)C3)s1. The highest BCUT2D eigenvalue weighted by atomic mass is 32.1. The van der Waals surface area contributed by atoms with Gasteiger partial charge in [-0.2, -0.15) is 0 Å². The van der Waals surface area contributed by atoms with Crippen LogP contribution in [0.15, 0.2) is 24.3 Å². The highest BCUT2D eigenvalue weighted by Gasteiger charge is 2.41. The molecule has 1 aromatic heterocycles. The summed E-state index contributed by atoms with van der Waals surface area (Å²) in [4.78, 5) is 23.5. The van der Waals surface area contributed by atoms with Crippen LogP contribution in [-0.2, 0) is 12.8 Å². The van der Waals surface area contributed by atoms with Crippen LogP contribution in [0.25, 0.3) is 0 Å². The third-order valence-electron chi connectivity index (χ3n) is 6.65. The van der Waals surface area contributed by atoms with E-state index in [1.165, 1.54) is 17.5 Å². The smallest absolute Gasteiger partial charge is 0.266 e. The number of nitrogens with zero attached hydrogens (tertiary/aromatic N) is 3. The Hall–Kier alpha value is -1.72. The molecule has 6 rings (SSSR count). The third-order valence-corrected chi connectivity index (χ3v) is 7.71. The highest BCUT2D eigenvalue weighted by Crippen LogP contribution is 2.34. The number of benzene rings is 1. The Balaban J connectivity index is 1.35. The number of fused-ring (bicyclic) bond motifs is 5. The van der Waals surface area contributed by atoms with Crippen molar-refractivity contribution in [2.75, 3.05) is 19.6 Å². The number of amides is 1. The van der Waals surface area contributed by atoms with E-state index in [2.05, 4.69) is 39.0 Å². The van der Waals surface area contributed by atoms with E-state index in [1.807, 2.05) is 13.8 Å². The summed E-state index contributed by atoms with van der Waals surface area (Å²) in [7, 11) is 0. The summed E-state index contributed by atoms with van der Waals surface area (Å²) >= 11 is 1.55. The number of piperidine rings is 1. The summed E-state index contributed by atoms with van der Waals surface area (Å²) in [6, 6.07) is 9.84. The zero-order valence-electron chi connectivity index (χ0n) is 16.1. The predicted octanol–water partition coefficient (Wildman–Crippen LogP) is 3.46. The number of aryl methyl sites for hydroxylation is 2. The Morgan fingerprint density at radius 3 is 2.44 bits per heavy atom. The molecule has 1 aromatic carbocycles. The summed E-state index contributed by atoms with van der Waals surface area (Å²) in [5.41, 5.74) is 3.93. The van der Waals surface area contributed by atoms with Gasteiger partial charge in [-0.1, -0.05) is 24.3 Å². The third kappa shape index (κ3) is 3.11. The first-order chi connectivity index (χ1) is 13.1. The molecule has 3 aliphatic heterocycles. The van der Waals surface area contributed by atoms with E-state index in [0.29, 0.717) is 18.0 Å². The normalized spacial score (nSPS) is 25.6. The van der Waals surface area contributed by atoms with E-state index in [9.17, 15) is 4.79 Å². The lowest BCUT2D eigenvalue weighted by Crippen LogP contribution is -2.48. The Morgan fingerprint density at radius 2 is 1.78 bits per heavy atom. The molecule has 0 unspecified atom stereocenters. The lowest BCUT2D eigenvalue weighted by molar-refractivity contribution is 0.0585. The van der Waals surface area contributed by atoms with Crippen LogP contribution in [0.5, 0.6) is 0 Å². The maximum absolute atomic E-state index is 13.3. The van der Waals surface area contributed by atoms with E-state index in [-0.39, 0.29) is 5.91 Å². The van der Waals surface area contributed by atoms with Crippen LogP contribution in [0.3, 0.4) is 0 Å². The van der Waals surface area contributed by atoms with Crippen LogP contribution in [0.1, 0.15) is 44.3 Å². The summed E-state index contributed by atoms with van der Waals surface area (Å²) in [5, 5.41) is 0.987. The fourth-order valence-electron chi connectivity index (χ4n) is 5.32. The first kappa shape index (κ1) is 17.4. The second kappa shape index (κ2) is 6.71. The van der Waals surface area contributed by atoms with Crippen LogP contribution in [0.2, 0.25) is 0 Å². The molecule has 0 radical (unpaired) electrons. The molecule has 0 saturated carbocycles. The monoisotopic (exact) mass is 381 g/mol. The minimum absolute atomic E-state index is 0.212. The first-order valence-corrected chi connectivity index (χ1v) is 11.0.